The van der Waals surface area contributed by atoms with E-state index >= 15 is 0 Å². The Morgan fingerprint density at radius 1 is 1.19 bits per heavy atom. The van der Waals surface area contributed by atoms with Gasteiger partial charge in [0.25, 0.3) is 0 Å². The molecule has 0 bridgehead atoms. The van der Waals surface area contributed by atoms with Gasteiger partial charge in [-0.2, -0.15) is 0 Å². The predicted molar refractivity (Wildman–Crippen MR) is 71.8 cm³/mol. The Labute approximate surface area is 125 Å². The normalized spacial score (nSPS) is 43.0. The average Bonchev–Trinajstić information content (AvgIpc) is 2.88. The fourth-order valence-corrected chi connectivity index (χ4v) is 3.26. The molecular weight excluding hydrogens is 301 g/mol. The molecule has 2 heterocycles. The van der Waals surface area contributed by atoms with Crippen molar-refractivity contribution in [1.82, 2.24) is 0 Å². The molecule has 2 fully saturated rings. The fraction of sp³-hybridized carbons (Fsp3) is 1.00. The van der Waals surface area contributed by atoms with Crippen LogP contribution in [0.2, 0.25) is 0 Å². The highest BCUT2D eigenvalue weighted by Crippen LogP contribution is 2.47. The zero-order chi connectivity index (χ0) is 15.6. The van der Waals surface area contributed by atoms with E-state index in [1.807, 2.05) is 0 Å². The van der Waals surface area contributed by atoms with Gasteiger partial charge in [-0.15, -0.1) is 0 Å². The highest BCUT2D eigenvalue weighted by Gasteiger charge is 2.40. The van der Waals surface area contributed by atoms with Gasteiger partial charge < -0.3 is 24.6 Å². The second kappa shape index (κ2) is 7.10. The summed E-state index contributed by atoms with van der Waals surface area (Å²) in [6, 6.07) is -1.31. The standard InChI is InChI=1S/C10H17B2O8P/c11-9-1-5(14)8(19-9)4-17-21(15,16)20-6-2-10(12)18-7(6)3-13/h5-10,13-14H,1-4H2,(H,15,16)/t5-,6-,7-,8-,9-,10-/m1/s1. The van der Waals surface area contributed by atoms with Crippen molar-refractivity contribution in [3.63, 3.8) is 0 Å². The van der Waals surface area contributed by atoms with Crippen LogP contribution in [0.25, 0.3) is 0 Å². The van der Waals surface area contributed by atoms with Crippen LogP contribution in [0.1, 0.15) is 12.8 Å². The molecule has 0 spiro atoms. The lowest BCUT2D eigenvalue weighted by atomic mass is 9.96. The number of hydrogen-bond acceptors (Lipinski definition) is 7. The summed E-state index contributed by atoms with van der Waals surface area (Å²) < 4.78 is 31.8. The first-order valence-electron chi connectivity index (χ1n) is 6.57. The van der Waals surface area contributed by atoms with Crippen LogP contribution >= 0.6 is 7.82 Å². The maximum Gasteiger partial charge on any atom is 0.472 e. The van der Waals surface area contributed by atoms with Gasteiger partial charge in [-0.3, -0.25) is 9.05 Å². The molecular formula is C10H17B2O8P. The van der Waals surface area contributed by atoms with E-state index < -0.39 is 50.9 Å². The number of rotatable bonds is 6. The maximum absolute atomic E-state index is 11.8. The average molecular weight is 318 g/mol. The first-order chi connectivity index (χ1) is 9.80. The molecule has 21 heavy (non-hydrogen) atoms. The summed E-state index contributed by atoms with van der Waals surface area (Å²) in [6.45, 7) is -0.732. The van der Waals surface area contributed by atoms with Crippen LogP contribution in [0.4, 0.5) is 0 Å². The van der Waals surface area contributed by atoms with Gasteiger partial charge in [0.15, 0.2) is 0 Å². The summed E-state index contributed by atoms with van der Waals surface area (Å²) in [6.07, 6.45) is -2.91. The van der Waals surface area contributed by atoms with Gasteiger partial charge in [-0.05, 0) is 12.8 Å². The highest BCUT2D eigenvalue weighted by molar-refractivity contribution is 7.47. The van der Waals surface area contributed by atoms with E-state index in [0.29, 0.717) is 0 Å². The number of ether oxygens (including phenoxy) is 2. The Hall–Kier alpha value is 0.0799. The highest BCUT2D eigenvalue weighted by atomic mass is 31.2. The predicted octanol–water partition coefficient (Wildman–Crippen LogP) is -1.59. The minimum atomic E-state index is -4.40. The lowest BCUT2D eigenvalue weighted by molar-refractivity contribution is -0.0251. The van der Waals surface area contributed by atoms with Gasteiger partial charge in [0.05, 0.1) is 25.4 Å². The Morgan fingerprint density at radius 3 is 2.38 bits per heavy atom. The van der Waals surface area contributed by atoms with Crippen molar-refractivity contribution in [1.29, 1.82) is 0 Å². The third kappa shape index (κ3) is 4.77. The monoisotopic (exact) mass is 318 g/mol. The first kappa shape index (κ1) is 17.4. The summed E-state index contributed by atoms with van der Waals surface area (Å²) in [5, 5.41) is 18.7. The van der Waals surface area contributed by atoms with Gasteiger partial charge in [0.1, 0.15) is 27.9 Å². The van der Waals surface area contributed by atoms with Crippen molar-refractivity contribution >= 4 is 23.5 Å². The van der Waals surface area contributed by atoms with Crippen LogP contribution in [-0.4, -0.2) is 80.4 Å². The molecule has 2 aliphatic rings. The Kier molecular flexibility index (Phi) is 5.90. The van der Waals surface area contributed by atoms with Crippen molar-refractivity contribution in [3.8, 4) is 0 Å². The summed E-state index contributed by atoms with van der Waals surface area (Å²) in [7, 11) is 6.61. The number of phosphoric ester groups is 1. The molecule has 116 valence electrons. The number of aliphatic hydroxyl groups excluding tert-OH is 2. The van der Waals surface area contributed by atoms with E-state index in [9.17, 15) is 14.6 Å². The molecule has 0 saturated carbocycles. The van der Waals surface area contributed by atoms with Crippen molar-refractivity contribution in [2.75, 3.05) is 13.2 Å². The maximum atomic E-state index is 11.8. The lowest BCUT2D eigenvalue weighted by Gasteiger charge is -2.22. The second-order valence-corrected chi connectivity index (χ2v) is 6.46. The van der Waals surface area contributed by atoms with E-state index in [-0.39, 0.29) is 19.4 Å². The van der Waals surface area contributed by atoms with Crippen LogP contribution in [0.3, 0.4) is 0 Å². The molecule has 8 nitrogen and oxygen atoms in total. The molecule has 0 amide bonds. The molecule has 4 radical (unpaired) electrons. The number of aliphatic hydroxyl groups is 2. The van der Waals surface area contributed by atoms with E-state index in [0.717, 1.165) is 0 Å². The zero-order valence-corrected chi connectivity index (χ0v) is 12.2. The summed E-state index contributed by atoms with van der Waals surface area (Å²) in [5.41, 5.74) is 0. The zero-order valence-electron chi connectivity index (χ0n) is 11.3. The van der Waals surface area contributed by atoms with Crippen LogP contribution < -0.4 is 0 Å². The van der Waals surface area contributed by atoms with E-state index in [4.69, 9.17) is 39.3 Å². The van der Waals surface area contributed by atoms with E-state index in [1.54, 1.807) is 0 Å². The van der Waals surface area contributed by atoms with Crippen LogP contribution in [-0.2, 0) is 23.1 Å². The van der Waals surface area contributed by atoms with Crippen molar-refractivity contribution in [3.05, 3.63) is 0 Å². The molecule has 7 atom stereocenters. The van der Waals surface area contributed by atoms with Crippen LogP contribution in [0, 0.1) is 0 Å². The minimum absolute atomic E-state index is 0.159. The van der Waals surface area contributed by atoms with Crippen molar-refractivity contribution in [2.24, 2.45) is 0 Å². The molecule has 1 unspecified atom stereocenters. The molecule has 2 rings (SSSR count). The smallest absolute Gasteiger partial charge is 0.394 e. The van der Waals surface area contributed by atoms with Crippen molar-refractivity contribution < 1.29 is 38.2 Å². The second-order valence-electron chi connectivity index (χ2n) is 5.06. The topological polar surface area (TPSA) is 115 Å². The third-order valence-electron chi connectivity index (χ3n) is 3.33. The van der Waals surface area contributed by atoms with E-state index in [2.05, 4.69) is 0 Å². The van der Waals surface area contributed by atoms with Crippen molar-refractivity contribution in [2.45, 2.75) is 49.3 Å². The molecule has 0 aromatic rings. The molecule has 0 aromatic carbocycles. The Morgan fingerprint density at radius 2 is 1.81 bits per heavy atom. The van der Waals surface area contributed by atoms with E-state index in [1.165, 1.54) is 0 Å². The van der Waals surface area contributed by atoms with Gasteiger partial charge in [0, 0.05) is 12.0 Å². The molecule has 2 saturated heterocycles. The van der Waals surface area contributed by atoms with Gasteiger partial charge >= 0.3 is 7.82 Å². The van der Waals surface area contributed by atoms with Gasteiger partial charge in [-0.25, -0.2) is 4.57 Å². The summed E-state index contributed by atoms with van der Waals surface area (Å²) in [4.78, 5) is 9.65. The molecule has 0 aromatic heterocycles. The summed E-state index contributed by atoms with van der Waals surface area (Å²) in [5.74, 6) is 0. The van der Waals surface area contributed by atoms with Crippen LogP contribution in [0.15, 0.2) is 0 Å². The molecule has 11 heteroatoms. The van der Waals surface area contributed by atoms with Gasteiger partial charge in [-0.1, -0.05) is 0 Å². The Bertz CT molecular complexity index is 399. The number of hydrogen-bond donors (Lipinski definition) is 3. The lowest BCUT2D eigenvalue weighted by Crippen LogP contribution is -2.29. The third-order valence-corrected chi connectivity index (χ3v) is 4.34. The fourth-order valence-electron chi connectivity index (χ4n) is 2.30. The largest absolute Gasteiger partial charge is 0.472 e. The molecule has 3 N–H and O–H groups in total. The molecule has 2 aliphatic heterocycles. The first-order valence-corrected chi connectivity index (χ1v) is 8.07. The van der Waals surface area contributed by atoms with Gasteiger partial charge in [0.2, 0.25) is 0 Å². The minimum Gasteiger partial charge on any atom is -0.394 e. The quantitative estimate of drug-likeness (QED) is 0.397. The van der Waals surface area contributed by atoms with Crippen LogP contribution in [0.5, 0.6) is 0 Å². The Balaban J connectivity index is 1.83. The molecule has 0 aliphatic carbocycles. The number of phosphoric acid groups is 1. The SMILES string of the molecule is [B][C@H]1C[C@@H](O)[C@@H](COP(=O)(O)O[C@@H]2C[C@H]([B])O[C@@H]2CO)O1. The summed E-state index contributed by atoms with van der Waals surface area (Å²) >= 11 is 0.